The maximum atomic E-state index is 12.8. The van der Waals surface area contributed by atoms with Crippen LogP contribution in [0.5, 0.6) is 17.4 Å². The molecule has 0 saturated carbocycles. The lowest BCUT2D eigenvalue weighted by Crippen LogP contribution is -2.24. The number of nitrogens with zero attached hydrogens (tertiary/aromatic N) is 2. The maximum Gasteiger partial charge on any atom is 0.330 e. The quantitative estimate of drug-likeness (QED) is 0.218. The molecule has 3 rings (SSSR count). The van der Waals surface area contributed by atoms with Gasteiger partial charge in [-0.3, -0.25) is 4.79 Å². The minimum absolute atomic E-state index is 0.222. The Kier molecular flexibility index (Phi) is 9.48. The summed E-state index contributed by atoms with van der Waals surface area (Å²) in [4.78, 5) is 24.8. The number of hydrogen-bond acceptors (Lipinski definition) is 7. The number of carbonyl (C=O) groups excluding carboxylic acids is 1. The van der Waals surface area contributed by atoms with E-state index in [-0.39, 0.29) is 24.6 Å². The zero-order valence-corrected chi connectivity index (χ0v) is 20.2. The molecule has 0 unspecified atom stereocenters. The fourth-order valence-electron chi connectivity index (χ4n) is 3.13. The van der Waals surface area contributed by atoms with Crippen LogP contribution in [-0.4, -0.2) is 36.6 Å². The normalized spacial score (nSPS) is 10.8. The van der Waals surface area contributed by atoms with Gasteiger partial charge in [-0.15, -0.1) is 5.10 Å². The topological polar surface area (TPSA) is 88.9 Å². The minimum Gasteiger partial charge on any atom is -0.497 e. The predicted molar refractivity (Wildman–Crippen MR) is 133 cm³/mol. The molecular weight excluding hydrogens is 448 g/mol. The van der Waals surface area contributed by atoms with Gasteiger partial charge in [0, 0.05) is 17.7 Å². The van der Waals surface area contributed by atoms with Crippen molar-refractivity contribution >= 4 is 12.0 Å². The summed E-state index contributed by atoms with van der Waals surface area (Å²) in [7, 11) is 3.20. The lowest BCUT2D eigenvalue weighted by atomic mass is 10.2. The van der Waals surface area contributed by atoms with Crippen LogP contribution in [0.3, 0.4) is 0 Å². The molecule has 0 bridgehead atoms. The molecule has 35 heavy (non-hydrogen) atoms. The van der Waals surface area contributed by atoms with Crippen molar-refractivity contribution in [2.75, 3.05) is 20.8 Å². The minimum atomic E-state index is -0.484. The second kappa shape index (κ2) is 13.0. The van der Waals surface area contributed by atoms with E-state index in [4.69, 9.17) is 18.9 Å². The van der Waals surface area contributed by atoms with Gasteiger partial charge in [0.05, 0.1) is 27.4 Å². The molecule has 0 N–H and O–H groups in total. The van der Waals surface area contributed by atoms with Gasteiger partial charge in [0.1, 0.15) is 18.1 Å². The summed E-state index contributed by atoms with van der Waals surface area (Å²) in [5.41, 5.74) is 1.84. The van der Waals surface area contributed by atoms with Crippen LogP contribution in [0.15, 0.2) is 65.5 Å². The van der Waals surface area contributed by atoms with Gasteiger partial charge in [-0.2, -0.15) is 0 Å². The SMILES string of the molecule is CCCCOC(=O)C=Cc1cc(=O)n(Cc2ccc(OC)cc2)nc1OCc1ccc(OC)cc1. The third-order valence-electron chi connectivity index (χ3n) is 5.16. The van der Waals surface area contributed by atoms with Crippen molar-refractivity contribution in [2.24, 2.45) is 0 Å². The van der Waals surface area contributed by atoms with Crippen molar-refractivity contribution in [3.63, 3.8) is 0 Å². The average molecular weight is 479 g/mol. The van der Waals surface area contributed by atoms with Crippen LogP contribution >= 0.6 is 0 Å². The smallest absolute Gasteiger partial charge is 0.330 e. The van der Waals surface area contributed by atoms with Crippen molar-refractivity contribution < 1.29 is 23.7 Å². The average Bonchev–Trinajstić information content (AvgIpc) is 2.88. The van der Waals surface area contributed by atoms with Crippen molar-refractivity contribution in [3.8, 4) is 17.4 Å². The van der Waals surface area contributed by atoms with Crippen molar-refractivity contribution in [1.29, 1.82) is 0 Å². The molecule has 0 amide bonds. The highest BCUT2D eigenvalue weighted by Crippen LogP contribution is 2.19. The molecule has 0 spiro atoms. The first-order valence-electron chi connectivity index (χ1n) is 11.4. The van der Waals surface area contributed by atoms with Gasteiger partial charge in [0.15, 0.2) is 0 Å². The van der Waals surface area contributed by atoms with Gasteiger partial charge >= 0.3 is 5.97 Å². The van der Waals surface area contributed by atoms with Crippen LogP contribution in [0, 0.1) is 0 Å². The van der Waals surface area contributed by atoms with Crippen molar-refractivity contribution in [3.05, 3.63) is 87.7 Å². The maximum absolute atomic E-state index is 12.8. The van der Waals surface area contributed by atoms with E-state index in [1.165, 1.54) is 22.9 Å². The summed E-state index contributed by atoms with van der Waals surface area (Å²) < 4.78 is 22.8. The highest BCUT2D eigenvalue weighted by Gasteiger charge is 2.11. The van der Waals surface area contributed by atoms with E-state index in [1.807, 2.05) is 55.5 Å². The molecule has 8 nitrogen and oxygen atoms in total. The number of aromatic nitrogens is 2. The zero-order chi connectivity index (χ0) is 25.0. The van der Waals surface area contributed by atoms with Crippen LogP contribution < -0.4 is 19.8 Å². The first-order valence-corrected chi connectivity index (χ1v) is 11.4. The Morgan fingerprint density at radius 1 is 0.971 bits per heavy atom. The molecule has 184 valence electrons. The molecule has 0 aliphatic carbocycles. The van der Waals surface area contributed by atoms with Crippen molar-refractivity contribution in [2.45, 2.75) is 32.9 Å². The Morgan fingerprint density at radius 3 is 2.20 bits per heavy atom. The second-order valence-corrected chi connectivity index (χ2v) is 7.74. The van der Waals surface area contributed by atoms with E-state index in [0.29, 0.717) is 12.2 Å². The van der Waals surface area contributed by atoms with E-state index >= 15 is 0 Å². The van der Waals surface area contributed by atoms with Crippen LogP contribution in [0.4, 0.5) is 0 Å². The van der Waals surface area contributed by atoms with Gasteiger partial charge in [-0.05, 0) is 47.9 Å². The summed E-state index contributed by atoms with van der Waals surface area (Å²) >= 11 is 0. The standard InChI is InChI=1S/C27H30N2O6/c1-4-5-16-34-26(31)15-10-22-17-25(30)29(18-20-6-11-23(32-2)12-7-20)28-27(22)35-19-21-8-13-24(33-3)14-9-21/h6-15,17H,4-5,16,18-19H2,1-3H3. The van der Waals surface area contributed by atoms with E-state index in [9.17, 15) is 9.59 Å². The van der Waals surface area contributed by atoms with E-state index < -0.39 is 5.97 Å². The van der Waals surface area contributed by atoms with E-state index in [2.05, 4.69) is 5.10 Å². The first kappa shape index (κ1) is 25.6. The number of ether oxygens (including phenoxy) is 4. The molecule has 8 heteroatoms. The molecule has 0 aliphatic rings. The largest absolute Gasteiger partial charge is 0.497 e. The number of carbonyl (C=O) groups is 1. The number of methoxy groups -OCH3 is 2. The lowest BCUT2D eigenvalue weighted by Gasteiger charge is -2.12. The number of hydrogen-bond donors (Lipinski definition) is 0. The summed E-state index contributed by atoms with van der Waals surface area (Å²) in [5, 5.41) is 4.43. The van der Waals surface area contributed by atoms with Gasteiger partial charge < -0.3 is 18.9 Å². The molecule has 3 aromatic rings. The third kappa shape index (κ3) is 7.74. The third-order valence-corrected chi connectivity index (χ3v) is 5.16. The molecule has 0 fully saturated rings. The van der Waals surface area contributed by atoms with Crippen LogP contribution in [0.25, 0.3) is 6.08 Å². The predicted octanol–water partition coefficient (Wildman–Crippen LogP) is 4.24. The van der Waals surface area contributed by atoms with Gasteiger partial charge in [-0.25, -0.2) is 9.48 Å². The summed E-state index contributed by atoms with van der Waals surface area (Å²) in [6.45, 7) is 2.84. The summed E-state index contributed by atoms with van der Waals surface area (Å²) in [6.07, 6.45) is 4.49. The molecule has 0 atom stereocenters. The highest BCUT2D eigenvalue weighted by atomic mass is 16.5. The molecule has 1 aromatic heterocycles. The zero-order valence-electron chi connectivity index (χ0n) is 20.2. The number of rotatable bonds is 12. The second-order valence-electron chi connectivity index (χ2n) is 7.74. The van der Waals surface area contributed by atoms with E-state index in [0.717, 1.165) is 35.5 Å². The molecule has 2 aromatic carbocycles. The monoisotopic (exact) mass is 478 g/mol. The summed E-state index contributed by atoms with van der Waals surface area (Å²) in [5.74, 6) is 1.21. The Morgan fingerprint density at radius 2 is 1.60 bits per heavy atom. The molecular formula is C27H30N2O6. The van der Waals surface area contributed by atoms with Crippen LogP contribution in [0.2, 0.25) is 0 Å². The molecule has 0 aliphatic heterocycles. The first-order chi connectivity index (χ1) is 17.0. The number of unbranched alkanes of at least 4 members (excludes halogenated alkanes) is 1. The van der Waals surface area contributed by atoms with Gasteiger partial charge in [0.25, 0.3) is 5.56 Å². The fraction of sp³-hybridized carbons (Fsp3) is 0.296. The van der Waals surface area contributed by atoms with E-state index in [1.54, 1.807) is 14.2 Å². The Balaban J connectivity index is 1.84. The van der Waals surface area contributed by atoms with Crippen LogP contribution in [-0.2, 0) is 22.7 Å². The molecule has 0 saturated heterocycles. The number of esters is 1. The lowest BCUT2D eigenvalue weighted by molar-refractivity contribution is -0.137. The van der Waals surface area contributed by atoms with Gasteiger partial charge in [0.2, 0.25) is 5.88 Å². The van der Waals surface area contributed by atoms with Crippen molar-refractivity contribution in [1.82, 2.24) is 9.78 Å². The Bertz CT molecular complexity index is 1180. The Labute approximate surface area is 204 Å². The molecule has 1 heterocycles. The van der Waals surface area contributed by atoms with Crippen LogP contribution in [0.1, 0.15) is 36.5 Å². The highest BCUT2D eigenvalue weighted by molar-refractivity contribution is 5.87. The van der Waals surface area contributed by atoms with Gasteiger partial charge in [-0.1, -0.05) is 37.6 Å². The summed E-state index contributed by atoms with van der Waals surface area (Å²) in [6, 6.07) is 16.2. The fourth-order valence-corrected chi connectivity index (χ4v) is 3.13. The Hall–Kier alpha value is -4.07. The number of benzene rings is 2. The molecule has 0 radical (unpaired) electrons.